The molecule has 0 aliphatic carbocycles. The van der Waals surface area contributed by atoms with Crippen molar-refractivity contribution in [2.75, 3.05) is 51.3 Å². The molecular weight excluding hydrogens is 326 g/mol. The van der Waals surface area contributed by atoms with E-state index < -0.39 is 0 Å². The Morgan fingerprint density at radius 3 is 2.76 bits per heavy atom. The molecule has 1 aromatic rings. The van der Waals surface area contributed by atoms with Crippen molar-refractivity contribution in [2.45, 2.75) is 25.8 Å². The Hall–Kier alpha value is -2.13. The number of piperazine rings is 1. The van der Waals surface area contributed by atoms with Crippen molar-refractivity contribution in [3.8, 4) is 0 Å². The Kier molecular flexibility index (Phi) is 5.87. The van der Waals surface area contributed by atoms with Crippen LogP contribution in [0.3, 0.4) is 0 Å². The first kappa shape index (κ1) is 17.7. The Balaban J connectivity index is 1.37. The molecule has 2 fully saturated rings. The average Bonchev–Trinajstić information content (AvgIpc) is 3.01. The monoisotopic (exact) mass is 351 g/mol. The number of anilines is 1. The highest BCUT2D eigenvalue weighted by atomic mass is 16.5. The maximum Gasteiger partial charge on any atom is 0.317 e. The number of amides is 3. The molecule has 25 heavy (non-hydrogen) atoms. The normalized spacial score (nSPS) is 21.8. The minimum Gasteiger partial charge on any atom is -0.379 e. The molecular formula is C16H25N5O4. The zero-order valence-corrected chi connectivity index (χ0v) is 14.5. The number of hydrogen-bond donors (Lipinski definition) is 2. The van der Waals surface area contributed by atoms with E-state index in [2.05, 4.69) is 15.8 Å². The van der Waals surface area contributed by atoms with Crippen LogP contribution in [-0.2, 0) is 9.53 Å². The van der Waals surface area contributed by atoms with E-state index in [-0.39, 0.29) is 24.5 Å². The van der Waals surface area contributed by atoms with E-state index in [4.69, 9.17) is 9.26 Å². The molecule has 3 rings (SSSR count). The van der Waals surface area contributed by atoms with Crippen LogP contribution >= 0.6 is 0 Å². The van der Waals surface area contributed by atoms with Crippen LogP contribution in [0.4, 0.5) is 10.6 Å². The lowest BCUT2D eigenvalue weighted by atomic mass is 10.1. The molecule has 9 heteroatoms. The van der Waals surface area contributed by atoms with E-state index in [1.54, 1.807) is 17.9 Å². The van der Waals surface area contributed by atoms with Gasteiger partial charge in [0.15, 0.2) is 5.82 Å². The lowest BCUT2D eigenvalue weighted by molar-refractivity contribution is -0.117. The highest BCUT2D eigenvalue weighted by Crippen LogP contribution is 2.09. The maximum atomic E-state index is 12.3. The van der Waals surface area contributed by atoms with Crippen LogP contribution < -0.4 is 10.6 Å². The van der Waals surface area contributed by atoms with Gasteiger partial charge in [-0.2, -0.15) is 0 Å². The Bertz CT molecular complexity index is 591. The molecule has 1 aromatic heterocycles. The molecule has 0 bridgehead atoms. The second-order valence-electron chi connectivity index (χ2n) is 6.50. The number of nitrogens with zero attached hydrogens (tertiary/aromatic N) is 3. The van der Waals surface area contributed by atoms with Crippen LogP contribution in [0.1, 0.15) is 18.6 Å². The third-order valence-electron chi connectivity index (χ3n) is 4.41. The summed E-state index contributed by atoms with van der Waals surface area (Å²) in [5, 5.41) is 9.47. The number of carbonyl (C=O) groups is 2. The van der Waals surface area contributed by atoms with Crippen LogP contribution in [0.5, 0.6) is 0 Å². The van der Waals surface area contributed by atoms with Crippen LogP contribution in [0.25, 0.3) is 0 Å². The summed E-state index contributed by atoms with van der Waals surface area (Å²) in [4.78, 5) is 28.1. The Morgan fingerprint density at radius 2 is 2.12 bits per heavy atom. The highest BCUT2D eigenvalue weighted by molar-refractivity contribution is 5.91. The fraction of sp³-hybridized carbons (Fsp3) is 0.688. The lowest BCUT2D eigenvalue weighted by Crippen LogP contribution is -2.55. The van der Waals surface area contributed by atoms with Gasteiger partial charge in [0.2, 0.25) is 5.91 Å². The fourth-order valence-electron chi connectivity index (χ4n) is 3.04. The number of hydrogen-bond acceptors (Lipinski definition) is 6. The number of aromatic nitrogens is 1. The van der Waals surface area contributed by atoms with Crippen LogP contribution in [0, 0.1) is 6.92 Å². The van der Waals surface area contributed by atoms with E-state index in [9.17, 15) is 9.59 Å². The van der Waals surface area contributed by atoms with Gasteiger partial charge in [0.1, 0.15) is 5.76 Å². The number of urea groups is 1. The van der Waals surface area contributed by atoms with Gasteiger partial charge in [0.05, 0.1) is 19.2 Å². The molecule has 0 spiro atoms. The van der Waals surface area contributed by atoms with Crippen molar-refractivity contribution in [3.05, 3.63) is 11.8 Å². The Labute approximate surface area is 146 Å². The van der Waals surface area contributed by atoms with Gasteiger partial charge in [0, 0.05) is 38.9 Å². The van der Waals surface area contributed by atoms with E-state index >= 15 is 0 Å². The van der Waals surface area contributed by atoms with Gasteiger partial charge >= 0.3 is 6.03 Å². The average molecular weight is 351 g/mol. The summed E-state index contributed by atoms with van der Waals surface area (Å²) in [6.07, 6.45) is 1.95. The molecule has 0 unspecified atom stereocenters. The van der Waals surface area contributed by atoms with Crippen molar-refractivity contribution in [2.24, 2.45) is 0 Å². The van der Waals surface area contributed by atoms with Gasteiger partial charge in [-0.05, 0) is 19.8 Å². The minimum absolute atomic E-state index is 0.0438. The maximum absolute atomic E-state index is 12.3. The molecule has 2 aliphatic heterocycles. The molecule has 0 saturated carbocycles. The van der Waals surface area contributed by atoms with Crippen LogP contribution in [-0.4, -0.2) is 78.9 Å². The molecule has 2 aliphatic rings. The second kappa shape index (κ2) is 8.30. The van der Waals surface area contributed by atoms with Gasteiger partial charge in [-0.15, -0.1) is 0 Å². The molecule has 0 radical (unpaired) electrons. The Morgan fingerprint density at radius 1 is 1.32 bits per heavy atom. The molecule has 1 atom stereocenters. The van der Waals surface area contributed by atoms with Gasteiger partial charge in [-0.25, -0.2) is 4.79 Å². The van der Waals surface area contributed by atoms with Crippen LogP contribution in [0.15, 0.2) is 10.6 Å². The van der Waals surface area contributed by atoms with Gasteiger partial charge in [0.25, 0.3) is 0 Å². The van der Waals surface area contributed by atoms with Crippen molar-refractivity contribution in [1.29, 1.82) is 0 Å². The summed E-state index contributed by atoms with van der Waals surface area (Å²) in [6, 6.07) is 1.74. The topological polar surface area (TPSA) is 99.9 Å². The van der Waals surface area contributed by atoms with Crippen molar-refractivity contribution >= 4 is 17.8 Å². The lowest BCUT2D eigenvalue weighted by Gasteiger charge is -2.35. The predicted molar refractivity (Wildman–Crippen MR) is 90.3 cm³/mol. The number of carbonyl (C=O) groups excluding carboxylic acids is 2. The quantitative estimate of drug-likeness (QED) is 0.816. The van der Waals surface area contributed by atoms with E-state index in [1.165, 1.54) is 0 Å². The zero-order valence-electron chi connectivity index (χ0n) is 14.5. The van der Waals surface area contributed by atoms with Crippen LogP contribution in [0.2, 0.25) is 0 Å². The summed E-state index contributed by atoms with van der Waals surface area (Å²) in [6.45, 7) is 5.96. The zero-order chi connectivity index (χ0) is 17.6. The third-order valence-corrected chi connectivity index (χ3v) is 4.41. The minimum atomic E-state index is -0.134. The number of ether oxygens (including phenoxy) is 1. The van der Waals surface area contributed by atoms with Crippen molar-refractivity contribution < 1.29 is 18.8 Å². The first-order valence-electron chi connectivity index (χ1n) is 8.69. The summed E-state index contributed by atoms with van der Waals surface area (Å²) in [7, 11) is 0. The third kappa shape index (κ3) is 5.17. The van der Waals surface area contributed by atoms with E-state index in [0.29, 0.717) is 44.4 Å². The largest absolute Gasteiger partial charge is 0.379 e. The SMILES string of the molecule is Cc1cc(NC(=O)CN2CCN(C(=O)N[C@@H]3CCCOC3)CC2)no1. The van der Waals surface area contributed by atoms with E-state index in [0.717, 1.165) is 19.4 Å². The van der Waals surface area contributed by atoms with E-state index in [1.807, 2.05) is 4.90 Å². The van der Waals surface area contributed by atoms with Crippen molar-refractivity contribution in [3.63, 3.8) is 0 Å². The number of nitrogens with one attached hydrogen (secondary N) is 2. The molecule has 138 valence electrons. The fourth-order valence-corrected chi connectivity index (χ4v) is 3.04. The molecule has 2 N–H and O–H groups in total. The highest BCUT2D eigenvalue weighted by Gasteiger charge is 2.25. The summed E-state index contributed by atoms with van der Waals surface area (Å²) in [5.41, 5.74) is 0. The predicted octanol–water partition coefficient (Wildman–Crippen LogP) is 0.428. The van der Waals surface area contributed by atoms with Gasteiger partial charge < -0.3 is 24.8 Å². The molecule has 0 aromatic carbocycles. The first-order chi connectivity index (χ1) is 12.1. The molecule has 2 saturated heterocycles. The smallest absolute Gasteiger partial charge is 0.317 e. The van der Waals surface area contributed by atoms with Gasteiger partial charge in [-0.1, -0.05) is 5.16 Å². The molecule has 3 heterocycles. The number of rotatable bonds is 4. The molecule has 9 nitrogen and oxygen atoms in total. The molecule has 3 amide bonds. The van der Waals surface area contributed by atoms with Crippen molar-refractivity contribution in [1.82, 2.24) is 20.3 Å². The standard InChI is InChI=1S/C16H25N5O4/c1-12-9-14(19-25-12)18-15(22)10-20-4-6-21(7-5-20)16(23)17-13-3-2-8-24-11-13/h9,13H,2-8,10-11H2,1H3,(H,17,23)(H,18,19,22)/t13-/m1/s1. The second-order valence-corrected chi connectivity index (χ2v) is 6.50. The van der Waals surface area contributed by atoms with Gasteiger partial charge in [-0.3, -0.25) is 9.69 Å². The first-order valence-corrected chi connectivity index (χ1v) is 8.69. The number of aryl methyl sites for hydroxylation is 1. The summed E-state index contributed by atoms with van der Waals surface area (Å²) in [5.74, 6) is 0.944. The summed E-state index contributed by atoms with van der Waals surface area (Å²) >= 11 is 0. The summed E-state index contributed by atoms with van der Waals surface area (Å²) < 4.78 is 10.3.